The summed E-state index contributed by atoms with van der Waals surface area (Å²) >= 11 is 0. The molecule has 1 heterocycles. The predicted molar refractivity (Wildman–Crippen MR) is 69.5 cm³/mol. The fraction of sp³-hybridized carbons (Fsp3) is 0.400. The van der Waals surface area contributed by atoms with Gasteiger partial charge in [0.05, 0.1) is 6.04 Å². The fourth-order valence-electron chi connectivity index (χ4n) is 2.45. The van der Waals surface area contributed by atoms with Gasteiger partial charge in [-0.05, 0) is 24.1 Å². The lowest BCUT2D eigenvalue weighted by molar-refractivity contribution is -0.130. The smallest absolute Gasteiger partial charge is 0.224 e. The van der Waals surface area contributed by atoms with Crippen molar-refractivity contribution in [1.82, 2.24) is 4.90 Å². The lowest BCUT2D eigenvalue weighted by atomic mass is 10.0. The average Bonchev–Trinajstić information content (AvgIpc) is 2.78. The zero-order chi connectivity index (χ0) is 13.8. The van der Waals surface area contributed by atoms with Crippen molar-refractivity contribution >= 4 is 5.91 Å². The van der Waals surface area contributed by atoms with Gasteiger partial charge in [0.2, 0.25) is 5.91 Å². The Balaban J connectivity index is 2.23. The molecule has 19 heavy (non-hydrogen) atoms. The number of hydrogen-bond acceptors (Lipinski definition) is 2. The number of likely N-dealkylation sites (tertiary alicyclic amines) is 1. The quantitative estimate of drug-likeness (QED) is 0.839. The molecule has 1 aliphatic rings. The molecule has 0 aromatic heterocycles. The fourth-order valence-corrected chi connectivity index (χ4v) is 2.45. The normalized spacial score (nSPS) is 20.4. The highest BCUT2D eigenvalue weighted by Crippen LogP contribution is 2.30. The third-order valence-corrected chi connectivity index (χ3v) is 3.43. The molecule has 1 fully saturated rings. The van der Waals surface area contributed by atoms with Crippen molar-refractivity contribution in [3.63, 3.8) is 0 Å². The van der Waals surface area contributed by atoms with Crippen LogP contribution in [0.3, 0.4) is 0 Å². The molecule has 1 aromatic rings. The molecule has 100 valence electrons. The van der Waals surface area contributed by atoms with E-state index in [0.717, 1.165) is 5.56 Å². The molecule has 0 spiro atoms. The summed E-state index contributed by atoms with van der Waals surface area (Å²) < 4.78 is 13.0. The highest BCUT2D eigenvalue weighted by atomic mass is 19.1. The lowest BCUT2D eigenvalue weighted by Crippen LogP contribution is -2.31. The van der Waals surface area contributed by atoms with E-state index in [0.29, 0.717) is 19.4 Å². The molecule has 1 amide bonds. The van der Waals surface area contributed by atoms with E-state index in [4.69, 9.17) is 11.5 Å². The Morgan fingerprint density at radius 2 is 2.16 bits per heavy atom. The van der Waals surface area contributed by atoms with Crippen LogP contribution in [-0.4, -0.2) is 29.1 Å². The summed E-state index contributed by atoms with van der Waals surface area (Å²) in [5, 5.41) is 9.17. The number of aliphatic hydroxyl groups is 1. The first-order valence-corrected chi connectivity index (χ1v) is 6.27. The molecule has 0 bridgehead atoms. The first-order valence-electron chi connectivity index (χ1n) is 6.27. The van der Waals surface area contributed by atoms with Gasteiger partial charge in [-0.2, -0.15) is 0 Å². The van der Waals surface area contributed by atoms with Crippen LogP contribution in [0.5, 0.6) is 0 Å². The average molecular weight is 261 g/mol. The molecular formula is C15H16FNO2. The number of amides is 1. The van der Waals surface area contributed by atoms with Crippen LogP contribution < -0.4 is 0 Å². The summed E-state index contributed by atoms with van der Waals surface area (Å²) in [5.74, 6) is 2.19. The minimum absolute atomic E-state index is 0.00859. The summed E-state index contributed by atoms with van der Waals surface area (Å²) in [4.78, 5) is 13.7. The van der Waals surface area contributed by atoms with Crippen LogP contribution in [0.4, 0.5) is 4.39 Å². The number of benzene rings is 1. The lowest BCUT2D eigenvalue weighted by Gasteiger charge is -2.28. The Kier molecular flexibility index (Phi) is 4.18. The number of nitrogens with zero attached hydrogens (tertiary/aromatic N) is 1. The van der Waals surface area contributed by atoms with E-state index >= 15 is 0 Å². The highest BCUT2D eigenvalue weighted by molar-refractivity contribution is 5.79. The SMILES string of the molecule is C#CC1CC(=O)N(C(CCO)c2ccc(F)cc2)C1. The van der Waals surface area contributed by atoms with Gasteiger partial charge in [0.1, 0.15) is 5.82 Å². The van der Waals surface area contributed by atoms with E-state index in [9.17, 15) is 9.18 Å². The molecule has 1 N–H and O–H groups in total. The molecule has 2 rings (SSSR count). The second-order valence-electron chi connectivity index (χ2n) is 4.69. The summed E-state index contributed by atoms with van der Waals surface area (Å²) in [6, 6.07) is 5.77. The maximum absolute atomic E-state index is 13.0. The molecule has 0 saturated carbocycles. The van der Waals surface area contributed by atoms with Gasteiger partial charge in [-0.3, -0.25) is 4.79 Å². The van der Waals surface area contributed by atoms with Gasteiger partial charge < -0.3 is 10.0 Å². The standard InChI is InChI=1S/C15H16FNO2/c1-2-11-9-15(19)17(10-11)14(7-8-18)12-3-5-13(16)6-4-12/h1,3-6,11,14,18H,7-10H2. The van der Waals surface area contributed by atoms with Crippen molar-refractivity contribution < 1.29 is 14.3 Å². The minimum Gasteiger partial charge on any atom is -0.396 e. The first kappa shape index (κ1) is 13.6. The van der Waals surface area contributed by atoms with Crippen molar-refractivity contribution in [2.24, 2.45) is 5.92 Å². The molecule has 2 atom stereocenters. The van der Waals surface area contributed by atoms with E-state index < -0.39 is 0 Å². The number of rotatable bonds is 4. The van der Waals surface area contributed by atoms with Gasteiger partial charge in [0.25, 0.3) is 0 Å². The zero-order valence-corrected chi connectivity index (χ0v) is 10.6. The van der Waals surface area contributed by atoms with Crippen LogP contribution in [-0.2, 0) is 4.79 Å². The number of terminal acetylenes is 1. The van der Waals surface area contributed by atoms with Gasteiger partial charge in [0, 0.05) is 25.5 Å². The van der Waals surface area contributed by atoms with Crippen molar-refractivity contribution in [2.45, 2.75) is 18.9 Å². The Morgan fingerprint density at radius 3 is 2.68 bits per heavy atom. The van der Waals surface area contributed by atoms with Gasteiger partial charge in [-0.25, -0.2) is 4.39 Å². The summed E-state index contributed by atoms with van der Waals surface area (Å²) in [5.41, 5.74) is 0.821. The van der Waals surface area contributed by atoms with Gasteiger partial charge in [-0.1, -0.05) is 12.1 Å². The van der Waals surface area contributed by atoms with Crippen LogP contribution in [0.1, 0.15) is 24.4 Å². The molecule has 2 unspecified atom stereocenters. The predicted octanol–water partition coefficient (Wildman–Crippen LogP) is 1.73. The molecule has 3 nitrogen and oxygen atoms in total. The monoisotopic (exact) mass is 261 g/mol. The molecular weight excluding hydrogens is 245 g/mol. The van der Waals surface area contributed by atoms with Crippen LogP contribution >= 0.6 is 0 Å². The topological polar surface area (TPSA) is 40.5 Å². The van der Waals surface area contributed by atoms with Crippen LogP contribution in [0.15, 0.2) is 24.3 Å². The first-order chi connectivity index (χ1) is 9.15. The Hall–Kier alpha value is -1.86. The second kappa shape index (κ2) is 5.85. The molecule has 1 saturated heterocycles. The molecule has 1 aliphatic heterocycles. The van der Waals surface area contributed by atoms with Gasteiger partial charge in [-0.15, -0.1) is 12.3 Å². The number of carbonyl (C=O) groups excluding carboxylic acids is 1. The third-order valence-electron chi connectivity index (χ3n) is 3.43. The maximum atomic E-state index is 13.0. The van der Waals surface area contributed by atoms with Gasteiger partial charge in [0.15, 0.2) is 0 Å². The Morgan fingerprint density at radius 1 is 1.47 bits per heavy atom. The van der Waals surface area contributed by atoms with Crippen LogP contribution in [0.25, 0.3) is 0 Å². The largest absolute Gasteiger partial charge is 0.396 e. The van der Waals surface area contributed by atoms with Crippen molar-refractivity contribution in [3.8, 4) is 12.3 Å². The number of carbonyl (C=O) groups is 1. The van der Waals surface area contributed by atoms with Crippen LogP contribution in [0, 0.1) is 24.1 Å². The Labute approximate surface area is 112 Å². The third kappa shape index (κ3) is 2.94. The van der Waals surface area contributed by atoms with Crippen molar-refractivity contribution in [1.29, 1.82) is 0 Å². The Bertz CT molecular complexity index is 492. The molecule has 0 radical (unpaired) electrons. The van der Waals surface area contributed by atoms with Crippen molar-refractivity contribution in [3.05, 3.63) is 35.6 Å². The maximum Gasteiger partial charge on any atom is 0.224 e. The number of hydrogen-bond donors (Lipinski definition) is 1. The van der Waals surface area contributed by atoms with Crippen molar-refractivity contribution in [2.75, 3.05) is 13.2 Å². The van der Waals surface area contributed by atoms with E-state index in [2.05, 4.69) is 5.92 Å². The molecule has 0 aliphatic carbocycles. The zero-order valence-electron chi connectivity index (χ0n) is 10.6. The summed E-state index contributed by atoms with van der Waals surface area (Å²) in [6.07, 6.45) is 6.14. The van der Waals surface area contributed by atoms with E-state index in [1.165, 1.54) is 12.1 Å². The van der Waals surface area contributed by atoms with E-state index in [1.54, 1.807) is 17.0 Å². The minimum atomic E-state index is -0.319. The van der Waals surface area contributed by atoms with Crippen LogP contribution in [0.2, 0.25) is 0 Å². The van der Waals surface area contributed by atoms with E-state index in [-0.39, 0.29) is 30.3 Å². The number of aliphatic hydroxyl groups excluding tert-OH is 1. The highest BCUT2D eigenvalue weighted by Gasteiger charge is 2.33. The molecule has 1 aromatic carbocycles. The molecule has 4 heteroatoms. The van der Waals surface area contributed by atoms with Gasteiger partial charge >= 0.3 is 0 Å². The second-order valence-corrected chi connectivity index (χ2v) is 4.69. The van der Waals surface area contributed by atoms with E-state index in [1.807, 2.05) is 0 Å². The summed E-state index contributed by atoms with van der Waals surface area (Å²) in [7, 11) is 0. The summed E-state index contributed by atoms with van der Waals surface area (Å²) in [6.45, 7) is 0.462. The number of halogens is 1.